The summed E-state index contributed by atoms with van der Waals surface area (Å²) in [5.41, 5.74) is 7.90. The molecular formula is C13H11Cl2FN2. The van der Waals surface area contributed by atoms with Gasteiger partial charge in [0.2, 0.25) is 0 Å². The van der Waals surface area contributed by atoms with Gasteiger partial charge >= 0.3 is 0 Å². The van der Waals surface area contributed by atoms with Crippen LogP contribution in [0.3, 0.4) is 0 Å². The van der Waals surface area contributed by atoms with E-state index >= 15 is 0 Å². The zero-order valence-electron chi connectivity index (χ0n) is 9.60. The topological polar surface area (TPSA) is 38.0 Å². The molecule has 0 unspecified atom stereocenters. The summed E-state index contributed by atoms with van der Waals surface area (Å²) in [7, 11) is 0. The van der Waals surface area contributed by atoms with Crippen molar-refractivity contribution in [1.29, 1.82) is 0 Å². The Morgan fingerprint density at radius 2 is 1.72 bits per heavy atom. The molecule has 0 amide bonds. The molecule has 0 heterocycles. The van der Waals surface area contributed by atoms with Crippen molar-refractivity contribution in [2.24, 2.45) is 0 Å². The molecule has 18 heavy (non-hydrogen) atoms. The number of benzene rings is 2. The molecule has 0 bridgehead atoms. The largest absolute Gasteiger partial charge is 0.397 e. The molecule has 0 aliphatic carbocycles. The van der Waals surface area contributed by atoms with Gasteiger partial charge in [0.05, 0.1) is 27.1 Å². The first-order valence-electron chi connectivity index (χ1n) is 5.25. The third kappa shape index (κ3) is 2.68. The summed E-state index contributed by atoms with van der Waals surface area (Å²) in [6, 6.07) is 7.98. The second-order valence-corrected chi connectivity index (χ2v) is 4.78. The molecule has 2 nitrogen and oxygen atoms in total. The number of halogens is 3. The van der Waals surface area contributed by atoms with Crippen LogP contribution in [0.5, 0.6) is 0 Å². The van der Waals surface area contributed by atoms with Gasteiger partial charge in [-0.2, -0.15) is 0 Å². The fourth-order valence-corrected chi connectivity index (χ4v) is 1.87. The van der Waals surface area contributed by atoms with Crippen LogP contribution in [0.25, 0.3) is 0 Å². The Labute approximate surface area is 115 Å². The second-order valence-electron chi connectivity index (χ2n) is 3.96. The minimum Gasteiger partial charge on any atom is -0.397 e. The Balaban J connectivity index is 2.37. The third-order valence-corrected chi connectivity index (χ3v) is 3.21. The zero-order valence-corrected chi connectivity index (χ0v) is 11.1. The number of nitrogen functional groups attached to an aromatic ring is 1. The van der Waals surface area contributed by atoms with Gasteiger partial charge in [0, 0.05) is 0 Å². The van der Waals surface area contributed by atoms with Gasteiger partial charge in [-0.05, 0) is 36.8 Å². The van der Waals surface area contributed by atoms with Gasteiger partial charge in [0.25, 0.3) is 0 Å². The molecular weight excluding hydrogens is 274 g/mol. The first kappa shape index (κ1) is 13.0. The maximum atomic E-state index is 13.7. The van der Waals surface area contributed by atoms with Gasteiger partial charge in [0.15, 0.2) is 0 Å². The number of rotatable bonds is 2. The fraction of sp³-hybridized carbons (Fsp3) is 0.0769. The highest BCUT2D eigenvalue weighted by Crippen LogP contribution is 2.33. The summed E-state index contributed by atoms with van der Waals surface area (Å²) in [6.07, 6.45) is 0. The number of nitrogens with two attached hydrogens (primary N) is 1. The Bertz CT molecular complexity index is 600. The van der Waals surface area contributed by atoms with Crippen LogP contribution in [-0.4, -0.2) is 0 Å². The van der Waals surface area contributed by atoms with Crippen LogP contribution in [0.1, 0.15) is 5.56 Å². The summed E-state index contributed by atoms with van der Waals surface area (Å²) in [6.45, 7) is 1.82. The highest BCUT2D eigenvalue weighted by molar-refractivity contribution is 6.42. The Morgan fingerprint density at radius 3 is 2.39 bits per heavy atom. The van der Waals surface area contributed by atoms with Gasteiger partial charge in [-0.15, -0.1) is 0 Å². The lowest BCUT2D eigenvalue weighted by Gasteiger charge is -2.11. The number of hydrogen-bond acceptors (Lipinski definition) is 2. The standard InChI is InChI=1S/C13H11Cl2FN2/c1-7-2-3-12(10(16)4-7)18-13-6-9(15)8(14)5-11(13)17/h2-6,18H,17H2,1H3. The van der Waals surface area contributed by atoms with Crippen LogP contribution in [0.2, 0.25) is 10.0 Å². The van der Waals surface area contributed by atoms with Crippen molar-refractivity contribution < 1.29 is 4.39 Å². The third-order valence-electron chi connectivity index (χ3n) is 2.49. The van der Waals surface area contributed by atoms with Crippen molar-refractivity contribution in [3.8, 4) is 0 Å². The van der Waals surface area contributed by atoms with Crippen LogP contribution in [0, 0.1) is 12.7 Å². The maximum absolute atomic E-state index is 13.7. The average molecular weight is 285 g/mol. The van der Waals surface area contributed by atoms with Gasteiger partial charge in [0.1, 0.15) is 5.82 Å². The summed E-state index contributed by atoms with van der Waals surface area (Å²) in [4.78, 5) is 0. The van der Waals surface area contributed by atoms with Gasteiger partial charge in [-0.1, -0.05) is 29.3 Å². The predicted molar refractivity (Wildman–Crippen MR) is 75.3 cm³/mol. The molecule has 0 fully saturated rings. The molecule has 2 rings (SSSR count). The van der Waals surface area contributed by atoms with Crippen LogP contribution in [0.4, 0.5) is 21.5 Å². The van der Waals surface area contributed by atoms with Crippen LogP contribution < -0.4 is 11.1 Å². The van der Waals surface area contributed by atoms with Crippen molar-refractivity contribution in [1.82, 2.24) is 0 Å². The lowest BCUT2D eigenvalue weighted by atomic mass is 10.2. The van der Waals surface area contributed by atoms with E-state index in [1.165, 1.54) is 12.1 Å². The molecule has 2 aromatic rings. The summed E-state index contributed by atoms with van der Waals surface area (Å²) < 4.78 is 13.7. The Kier molecular flexibility index (Phi) is 3.64. The van der Waals surface area contributed by atoms with E-state index in [9.17, 15) is 4.39 Å². The van der Waals surface area contributed by atoms with Gasteiger partial charge < -0.3 is 11.1 Å². The lowest BCUT2D eigenvalue weighted by molar-refractivity contribution is 0.631. The maximum Gasteiger partial charge on any atom is 0.146 e. The minimum absolute atomic E-state index is 0.339. The Morgan fingerprint density at radius 1 is 1.06 bits per heavy atom. The summed E-state index contributed by atoms with van der Waals surface area (Å²) in [5, 5.41) is 3.62. The van der Waals surface area contributed by atoms with E-state index in [1.807, 2.05) is 6.92 Å². The van der Waals surface area contributed by atoms with Crippen LogP contribution >= 0.6 is 23.2 Å². The normalized spacial score (nSPS) is 10.4. The highest BCUT2D eigenvalue weighted by atomic mass is 35.5. The number of nitrogens with one attached hydrogen (secondary N) is 1. The molecule has 0 radical (unpaired) electrons. The SMILES string of the molecule is Cc1ccc(Nc2cc(Cl)c(Cl)cc2N)c(F)c1. The molecule has 0 saturated heterocycles. The molecule has 0 atom stereocenters. The van der Waals surface area contributed by atoms with Crippen molar-refractivity contribution >= 4 is 40.3 Å². The van der Waals surface area contributed by atoms with Crippen molar-refractivity contribution in [3.63, 3.8) is 0 Å². The van der Waals surface area contributed by atoms with Crippen molar-refractivity contribution in [2.75, 3.05) is 11.1 Å². The predicted octanol–water partition coefficient (Wildman–Crippen LogP) is 4.77. The summed E-state index contributed by atoms with van der Waals surface area (Å²) in [5.74, 6) is -0.347. The second kappa shape index (κ2) is 5.04. The highest BCUT2D eigenvalue weighted by Gasteiger charge is 2.08. The quantitative estimate of drug-likeness (QED) is 0.780. The smallest absolute Gasteiger partial charge is 0.146 e. The van der Waals surface area contributed by atoms with E-state index in [-0.39, 0.29) is 5.82 Å². The molecule has 3 N–H and O–H groups in total. The van der Waals surface area contributed by atoms with E-state index in [0.29, 0.717) is 27.1 Å². The molecule has 2 aromatic carbocycles. The van der Waals surface area contributed by atoms with Gasteiger partial charge in [-0.3, -0.25) is 0 Å². The molecule has 5 heteroatoms. The van der Waals surface area contributed by atoms with Gasteiger partial charge in [-0.25, -0.2) is 4.39 Å². The monoisotopic (exact) mass is 284 g/mol. The van der Waals surface area contributed by atoms with E-state index in [4.69, 9.17) is 28.9 Å². The van der Waals surface area contributed by atoms with Crippen LogP contribution in [-0.2, 0) is 0 Å². The average Bonchev–Trinajstić information content (AvgIpc) is 2.29. The van der Waals surface area contributed by atoms with E-state index in [0.717, 1.165) is 5.56 Å². The first-order valence-corrected chi connectivity index (χ1v) is 6.00. The molecule has 0 aliphatic rings. The molecule has 0 saturated carbocycles. The number of hydrogen-bond donors (Lipinski definition) is 2. The summed E-state index contributed by atoms with van der Waals surface area (Å²) >= 11 is 11.7. The lowest BCUT2D eigenvalue weighted by Crippen LogP contribution is -1.98. The van der Waals surface area contributed by atoms with E-state index in [1.54, 1.807) is 18.2 Å². The van der Waals surface area contributed by atoms with E-state index in [2.05, 4.69) is 5.32 Å². The van der Waals surface area contributed by atoms with Crippen molar-refractivity contribution in [2.45, 2.75) is 6.92 Å². The zero-order chi connectivity index (χ0) is 13.3. The molecule has 0 aliphatic heterocycles. The molecule has 0 aromatic heterocycles. The number of anilines is 3. The Hall–Kier alpha value is -1.45. The number of aryl methyl sites for hydroxylation is 1. The minimum atomic E-state index is -0.347. The first-order chi connectivity index (χ1) is 8.47. The fourth-order valence-electron chi connectivity index (χ4n) is 1.54. The van der Waals surface area contributed by atoms with Crippen LogP contribution in [0.15, 0.2) is 30.3 Å². The molecule has 94 valence electrons. The van der Waals surface area contributed by atoms with E-state index < -0.39 is 0 Å². The van der Waals surface area contributed by atoms with Crippen molar-refractivity contribution in [3.05, 3.63) is 51.8 Å². The molecule has 0 spiro atoms.